The minimum atomic E-state index is -1.01. The van der Waals surface area contributed by atoms with Gasteiger partial charge in [-0.2, -0.15) is 0 Å². The van der Waals surface area contributed by atoms with Gasteiger partial charge < -0.3 is 20.5 Å². The lowest BCUT2D eigenvalue weighted by atomic mass is 9.90. The monoisotopic (exact) mass is 309 g/mol. The Morgan fingerprint density at radius 2 is 2.05 bits per heavy atom. The maximum absolute atomic E-state index is 11.0. The zero-order valence-corrected chi connectivity index (χ0v) is 13.5. The van der Waals surface area contributed by atoms with Crippen molar-refractivity contribution in [2.45, 2.75) is 52.2 Å². The van der Waals surface area contributed by atoms with Gasteiger partial charge in [-0.25, -0.2) is 0 Å². The van der Waals surface area contributed by atoms with Gasteiger partial charge in [0.25, 0.3) is 6.35 Å². The van der Waals surface area contributed by atoms with Crippen molar-refractivity contribution in [3.8, 4) is 5.75 Å². The molecule has 1 atom stereocenters. The van der Waals surface area contributed by atoms with Gasteiger partial charge >= 0.3 is 0 Å². The number of amides is 1. The van der Waals surface area contributed by atoms with E-state index in [1.165, 1.54) is 6.92 Å². The highest BCUT2D eigenvalue weighted by Gasteiger charge is 2.37. The van der Waals surface area contributed by atoms with E-state index in [9.17, 15) is 9.90 Å². The first-order valence-corrected chi connectivity index (χ1v) is 7.09. The topological polar surface area (TPSA) is 91.9 Å². The predicted octanol–water partition coefficient (Wildman–Crippen LogP) is 1.80. The van der Waals surface area contributed by atoms with Crippen LogP contribution in [-0.4, -0.2) is 28.6 Å². The minimum Gasteiger partial charge on any atom is -0.450 e. The fraction of sp³-hybridized carbons (Fsp3) is 0.533. The number of hydrogen-bond donors (Lipinski definition) is 4. The Labute approximate surface area is 129 Å². The second-order valence-electron chi connectivity index (χ2n) is 6.33. The molecule has 0 fully saturated rings. The van der Waals surface area contributed by atoms with E-state index in [1.54, 1.807) is 33.8 Å². The Morgan fingerprint density at radius 3 is 2.64 bits per heavy atom. The number of nitrogens with one attached hydrogen (secondary N) is 3. The van der Waals surface area contributed by atoms with E-state index >= 15 is 0 Å². The molecule has 1 aromatic rings. The molecule has 22 heavy (non-hydrogen) atoms. The SMILES string of the molecule is CC(=O)NC1Nc2ccc(NOC(C)(C)C(C)(C)O)cc2O1. The Kier molecular flexibility index (Phi) is 4.21. The van der Waals surface area contributed by atoms with Gasteiger partial charge in [0.1, 0.15) is 11.4 Å². The molecular weight excluding hydrogens is 286 g/mol. The molecule has 1 heterocycles. The van der Waals surface area contributed by atoms with Crippen LogP contribution < -0.4 is 20.9 Å². The maximum Gasteiger partial charge on any atom is 0.250 e. The molecule has 0 radical (unpaired) electrons. The standard InChI is InChI=1S/C15H23N3O4/c1-9(19)16-13-17-11-7-6-10(8-12(11)21-13)18-22-15(4,5)14(2,3)20/h6-8,13,17-18,20H,1-5H3,(H,16,19). The highest BCUT2D eigenvalue weighted by molar-refractivity contribution is 5.74. The molecule has 7 nitrogen and oxygen atoms in total. The number of hydrogen-bond acceptors (Lipinski definition) is 6. The normalized spacial score (nSPS) is 17.3. The third-order valence-electron chi connectivity index (χ3n) is 3.74. The number of carbonyl (C=O) groups is 1. The number of benzene rings is 1. The van der Waals surface area contributed by atoms with Crippen LogP contribution in [0.25, 0.3) is 0 Å². The smallest absolute Gasteiger partial charge is 0.250 e. The summed E-state index contributed by atoms with van der Waals surface area (Å²) in [7, 11) is 0. The lowest BCUT2D eigenvalue weighted by molar-refractivity contribution is -0.130. The van der Waals surface area contributed by atoms with E-state index in [-0.39, 0.29) is 5.91 Å². The highest BCUT2D eigenvalue weighted by atomic mass is 16.7. The number of anilines is 2. The average Bonchev–Trinajstić information content (AvgIpc) is 2.75. The molecule has 7 heteroatoms. The molecule has 2 rings (SSSR count). The zero-order valence-electron chi connectivity index (χ0n) is 13.5. The first kappa shape index (κ1) is 16.4. The van der Waals surface area contributed by atoms with Gasteiger partial charge in [0, 0.05) is 13.0 Å². The summed E-state index contributed by atoms with van der Waals surface area (Å²) in [6.07, 6.45) is -0.573. The summed E-state index contributed by atoms with van der Waals surface area (Å²) in [4.78, 5) is 16.6. The molecule has 1 unspecified atom stereocenters. The van der Waals surface area contributed by atoms with E-state index < -0.39 is 17.6 Å². The zero-order chi connectivity index (χ0) is 16.5. The molecule has 0 aliphatic carbocycles. The summed E-state index contributed by atoms with van der Waals surface area (Å²) in [6, 6.07) is 5.39. The fourth-order valence-corrected chi connectivity index (χ4v) is 1.66. The van der Waals surface area contributed by atoms with E-state index in [2.05, 4.69) is 16.1 Å². The Balaban J connectivity index is 2.01. The molecule has 122 valence electrons. The average molecular weight is 309 g/mol. The maximum atomic E-state index is 11.0. The van der Waals surface area contributed by atoms with Crippen LogP contribution in [-0.2, 0) is 9.63 Å². The van der Waals surface area contributed by atoms with Gasteiger partial charge in [-0.15, -0.1) is 0 Å². The number of rotatable bonds is 5. The third kappa shape index (κ3) is 3.61. The summed E-state index contributed by atoms with van der Waals surface area (Å²) in [5.41, 5.74) is 2.49. The van der Waals surface area contributed by atoms with Crippen LogP contribution >= 0.6 is 0 Å². The lowest BCUT2D eigenvalue weighted by Gasteiger charge is -2.36. The summed E-state index contributed by atoms with van der Waals surface area (Å²) < 4.78 is 5.57. The van der Waals surface area contributed by atoms with Gasteiger partial charge in [0.2, 0.25) is 5.91 Å². The molecular formula is C15H23N3O4. The molecule has 0 saturated carbocycles. The van der Waals surface area contributed by atoms with Gasteiger partial charge in [0.05, 0.1) is 17.0 Å². The van der Waals surface area contributed by atoms with E-state index in [4.69, 9.17) is 9.57 Å². The van der Waals surface area contributed by atoms with Crippen molar-refractivity contribution in [2.75, 3.05) is 10.8 Å². The highest BCUT2D eigenvalue weighted by Crippen LogP contribution is 2.34. The van der Waals surface area contributed by atoms with Crippen LogP contribution in [0.3, 0.4) is 0 Å². The molecule has 1 aliphatic rings. The Hall–Kier alpha value is -1.99. The number of fused-ring (bicyclic) bond motifs is 1. The van der Waals surface area contributed by atoms with Crippen molar-refractivity contribution in [1.82, 2.24) is 5.32 Å². The first-order valence-electron chi connectivity index (χ1n) is 7.09. The number of carbonyl (C=O) groups excluding carboxylic acids is 1. The van der Waals surface area contributed by atoms with Crippen molar-refractivity contribution < 1.29 is 19.5 Å². The van der Waals surface area contributed by atoms with E-state index in [0.29, 0.717) is 11.4 Å². The van der Waals surface area contributed by atoms with E-state index in [0.717, 1.165) is 5.69 Å². The fourth-order valence-electron chi connectivity index (χ4n) is 1.66. The predicted molar refractivity (Wildman–Crippen MR) is 83.4 cm³/mol. The molecule has 1 aromatic carbocycles. The Bertz CT molecular complexity index is 566. The van der Waals surface area contributed by atoms with Crippen molar-refractivity contribution in [2.24, 2.45) is 0 Å². The van der Waals surface area contributed by atoms with Crippen LogP contribution in [0.1, 0.15) is 34.6 Å². The van der Waals surface area contributed by atoms with Gasteiger partial charge in [0.15, 0.2) is 0 Å². The summed E-state index contributed by atoms with van der Waals surface area (Å²) in [5.74, 6) is 0.423. The summed E-state index contributed by atoms with van der Waals surface area (Å²) >= 11 is 0. The van der Waals surface area contributed by atoms with Crippen LogP contribution in [0, 0.1) is 0 Å². The van der Waals surface area contributed by atoms with Crippen molar-refractivity contribution in [3.05, 3.63) is 18.2 Å². The lowest BCUT2D eigenvalue weighted by Crippen LogP contribution is -2.48. The first-order chi connectivity index (χ1) is 10.1. The largest absolute Gasteiger partial charge is 0.450 e. The number of aliphatic hydroxyl groups is 1. The summed E-state index contributed by atoms with van der Waals surface area (Å²) in [5, 5.41) is 15.7. The second-order valence-corrected chi connectivity index (χ2v) is 6.33. The molecule has 0 saturated heterocycles. The van der Waals surface area contributed by atoms with E-state index in [1.807, 2.05) is 12.1 Å². The van der Waals surface area contributed by atoms with Crippen molar-refractivity contribution in [1.29, 1.82) is 0 Å². The van der Waals surface area contributed by atoms with Crippen molar-refractivity contribution >= 4 is 17.3 Å². The molecule has 0 aromatic heterocycles. The summed E-state index contributed by atoms with van der Waals surface area (Å²) in [6.45, 7) is 8.37. The van der Waals surface area contributed by atoms with Crippen LogP contribution in [0.5, 0.6) is 5.75 Å². The van der Waals surface area contributed by atoms with Crippen molar-refractivity contribution in [3.63, 3.8) is 0 Å². The molecule has 0 bridgehead atoms. The molecule has 1 aliphatic heterocycles. The van der Waals surface area contributed by atoms with Gasteiger partial charge in [-0.05, 0) is 39.8 Å². The van der Waals surface area contributed by atoms with Gasteiger partial charge in [-0.1, -0.05) is 0 Å². The van der Waals surface area contributed by atoms with Crippen LogP contribution in [0.15, 0.2) is 18.2 Å². The molecule has 4 N–H and O–H groups in total. The molecule has 1 amide bonds. The van der Waals surface area contributed by atoms with Crippen LogP contribution in [0.2, 0.25) is 0 Å². The van der Waals surface area contributed by atoms with Gasteiger partial charge in [-0.3, -0.25) is 15.1 Å². The number of ether oxygens (including phenoxy) is 1. The third-order valence-corrected chi connectivity index (χ3v) is 3.74. The quantitative estimate of drug-likeness (QED) is 0.620. The second kappa shape index (κ2) is 5.66. The molecule has 0 spiro atoms. The Morgan fingerprint density at radius 1 is 1.36 bits per heavy atom. The minimum absolute atomic E-state index is 0.182. The van der Waals surface area contributed by atoms with Crippen LogP contribution in [0.4, 0.5) is 11.4 Å².